The zero-order chi connectivity index (χ0) is 26.5. The molecule has 214 valence electrons. The molecule has 0 radical (unpaired) electrons. The average molecular weight is 511 g/mol. The van der Waals surface area contributed by atoms with Crippen LogP contribution in [0.15, 0.2) is 0 Å². The van der Waals surface area contributed by atoms with Crippen molar-refractivity contribution in [2.75, 3.05) is 13.2 Å². The maximum absolute atomic E-state index is 12.0. The fourth-order valence-electron chi connectivity index (χ4n) is 4.72. The fourth-order valence-corrected chi connectivity index (χ4v) is 4.72. The summed E-state index contributed by atoms with van der Waals surface area (Å²) in [6, 6.07) is 0. The lowest BCUT2D eigenvalue weighted by Crippen LogP contribution is -2.12. The van der Waals surface area contributed by atoms with Gasteiger partial charge in [0.25, 0.3) is 0 Å². The molecule has 0 rings (SSSR count). The molecule has 0 N–H and O–H groups in total. The Morgan fingerprint density at radius 1 is 0.500 bits per heavy atom. The van der Waals surface area contributed by atoms with Gasteiger partial charge in [-0.25, -0.2) is 0 Å². The number of hydrogen-bond donors (Lipinski definition) is 0. The molecule has 4 nitrogen and oxygen atoms in total. The van der Waals surface area contributed by atoms with Crippen LogP contribution in [-0.2, 0) is 19.1 Å². The summed E-state index contributed by atoms with van der Waals surface area (Å²) in [4.78, 5) is 23.6. The van der Waals surface area contributed by atoms with E-state index in [2.05, 4.69) is 20.8 Å². The summed E-state index contributed by atoms with van der Waals surface area (Å²) in [5.41, 5.74) is 0. The van der Waals surface area contributed by atoms with Crippen LogP contribution in [0.4, 0.5) is 0 Å². The van der Waals surface area contributed by atoms with Gasteiger partial charge in [0.1, 0.15) is 0 Å². The van der Waals surface area contributed by atoms with Gasteiger partial charge in [-0.05, 0) is 31.6 Å². The van der Waals surface area contributed by atoms with Crippen LogP contribution in [0.25, 0.3) is 0 Å². The molecule has 1 atom stereocenters. The first-order chi connectivity index (χ1) is 17.6. The average Bonchev–Trinajstić information content (AvgIpc) is 2.88. The van der Waals surface area contributed by atoms with Crippen molar-refractivity contribution in [3.63, 3.8) is 0 Å². The van der Waals surface area contributed by atoms with Gasteiger partial charge in [0, 0.05) is 12.8 Å². The molecule has 0 amide bonds. The summed E-state index contributed by atoms with van der Waals surface area (Å²) >= 11 is 0. The number of ether oxygens (including phenoxy) is 2. The molecule has 0 aromatic rings. The number of carbonyl (C=O) groups is 2. The maximum Gasteiger partial charge on any atom is 0.306 e. The lowest BCUT2D eigenvalue weighted by molar-refractivity contribution is -0.145. The van der Waals surface area contributed by atoms with Gasteiger partial charge >= 0.3 is 11.9 Å². The normalized spacial score (nSPS) is 12.0. The van der Waals surface area contributed by atoms with Gasteiger partial charge in [0.2, 0.25) is 0 Å². The third kappa shape index (κ3) is 26.0. The lowest BCUT2D eigenvalue weighted by Gasteiger charge is -2.14. The van der Waals surface area contributed by atoms with Crippen molar-refractivity contribution < 1.29 is 19.1 Å². The van der Waals surface area contributed by atoms with Crippen molar-refractivity contribution in [2.24, 2.45) is 5.92 Å². The minimum absolute atomic E-state index is 0.00745. The SMILES string of the molecule is CCCCCOC(=O)CCCCCCCCCCCCCCCCC(CC)CC(=O)OCCCCC. The molecule has 0 spiro atoms. The molecule has 0 bridgehead atoms. The predicted molar refractivity (Wildman–Crippen MR) is 153 cm³/mol. The van der Waals surface area contributed by atoms with Crippen molar-refractivity contribution in [3.8, 4) is 0 Å². The van der Waals surface area contributed by atoms with Crippen LogP contribution >= 0.6 is 0 Å². The van der Waals surface area contributed by atoms with Crippen LogP contribution in [0.2, 0.25) is 0 Å². The highest BCUT2D eigenvalue weighted by Crippen LogP contribution is 2.19. The quantitative estimate of drug-likeness (QED) is 0.0776. The van der Waals surface area contributed by atoms with Gasteiger partial charge < -0.3 is 9.47 Å². The molecule has 0 aliphatic heterocycles. The van der Waals surface area contributed by atoms with Gasteiger partial charge in [-0.15, -0.1) is 0 Å². The van der Waals surface area contributed by atoms with Crippen LogP contribution in [0.1, 0.15) is 175 Å². The summed E-state index contributed by atoms with van der Waals surface area (Å²) in [6.45, 7) is 7.73. The molecule has 0 aliphatic carbocycles. The molecule has 0 aliphatic rings. The second-order valence-corrected chi connectivity index (χ2v) is 10.8. The standard InChI is InChI=1S/C32H62O4/c1-4-7-23-27-35-31(33)26-22-20-18-16-14-12-10-9-11-13-15-17-19-21-25-30(6-3)29-32(34)36-28-24-8-5-2/h30H,4-29H2,1-3H3. The van der Waals surface area contributed by atoms with E-state index in [1.807, 2.05) is 0 Å². The number of unbranched alkanes of at least 4 members (excludes halogenated alkanes) is 17. The van der Waals surface area contributed by atoms with Crippen molar-refractivity contribution in [1.82, 2.24) is 0 Å². The Kier molecular flexibility index (Phi) is 27.7. The Hall–Kier alpha value is -1.06. The highest BCUT2D eigenvalue weighted by atomic mass is 16.5. The zero-order valence-electron chi connectivity index (χ0n) is 24.6. The topological polar surface area (TPSA) is 52.6 Å². The monoisotopic (exact) mass is 510 g/mol. The number of hydrogen-bond acceptors (Lipinski definition) is 4. The highest BCUT2D eigenvalue weighted by molar-refractivity contribution is 5.69. The first-order valence-electron chi connectivity index (χ1n) is 15.9. The van der Waals surface area contributed by atoms with Crippen molar-refractivity contribution >= 4 is 11.9 Å². The van der Waals surface area contributed by atoms with Gasteiger partial charge in [-0.1, -0.05) is 136 Å². The third-order valence-corrected chi connectivity index (χ3v) is 7.30. The van der Waals surface area contributed by atoms with E-state index in [4.69, 9.17) is 9.47 Å². The molecule has 1 unspecified atom stereocenters. The minimum atomic E-state index is -0.00801. The Balaban J connectivity index is 3.34. The third-order valence-electron chi connectivity index (χ3n) is 7.30. The van der Waals surface area contributed by atoms with E-state index in [0.717, 1.165) is 51.4 Å². The van der Waals surface area contributed by atoms with Crippen LogP contribution in [-0.4, -0.2) is 25.2 Å². The molecule has 0 saturated heterocycles. The number of rotatable bonds is 28. The summed E-state index contributed by atoms with van der Waals surface area (Å²) < 4.78 is 10.6. The van der Waals surface area contributed by atoms with E-state index in [9.17, 15) is 9.59 Å². The van der Waals surface area contributed by atoms with Gasteiger partial charge in [0.05, 0.1) is 13.2 Å². The lowest BCUT2D eigenvalue weighted by atomic mass is 9.95. The van der Waals surface area contributed by atoms with Crippen molar-refractivity contribution in [1.29, 1.82) is 0 Å². The molecule has 36 heavy (non-hydrogen) atoms. The van der Waals surface area contributed by atoms with Gasteiger partial charge in [-0.3, -0.25) is 9.59 Å². The summed E-state index contributed by atoms with van der Waals surface area (Å²) in [5, 5.41) is 0. The molecule has 0 aromatic heterocycles. The van der Waals surface area contributed by atoms with Crippen molar-refractivity contribution in [3.05, 3.63) is 0 Å². The fraction of sp³-hybridized carbons (Fsp3) is 0.938. The smallest absolute Gasteiger partial charge is 0.306 e. The van der Waals surface area contributed by atoms with E-state index in [-0.39, 0.29) is 11.9 Å². The first kappa shape index (κ1) is 34.9. The van der Waals surface area contributed by atoms with E-state index >= 15 is 0 Å². The van der Waals surface area contributed by atoms with E-state index in [1.165, 1.54) is 89.9 Å². The van der Waals surface area contributed by atoms with Crippen molar-refractivity contribution in [2.45, 2.75) is 175 Å². The molecule has 0 heterocycles. The Bertz CT molecular complexity index is 477. The van der Waals surface area contributed by atoms with E-state index < -0.39 is 0 Å². The van der Waals surface area contributed by atoms with E-state index in [0.29, 0.717) is 32.0 Å². The molecule has 0 saturated carbocycles. The molecule has 0 fully saturated rings. The molecule has 0 aromatic carbocycles. The predicted octanol–water partition coefficient (Wildman–Crippen LogP) is 10.1. The second kappa shape index (κ2) is 28.5. The van der Waals surface area contributed by atoms with Crippen LogP contribution in [0.3, 0.4) is 0 Å². The largest absolute Gasteiger partial charge is 0.466 e. The van der Waals surface area contributed by atoms with E-state index in [1.54, 1.807) is 0 Å². The maximum atomic E-state index is 12.0. The van der Waals surface area contributed by atoms with Gasteiger partial charge in [-0.2, -0.15) is 0 Å². The summed E-state index contributed by atoms with van der Waals surface area (Å²) in [5.74, 6) is 0.500. The summed E-state index contributed by atoms with van der Waals surface area (Å²) in [7, 11) is 0. The Morgan fingerprint density at radius 2 is 0.917 bits per heavy atom. The molecule has 4 heteroatoms. The highest BCUT2D eigenvalue weighted by Gasteiger charge is 2.13. The Morgan fingerprint density at radius 3 is 1.36 bits per heavy atom. The zero-order valence-corrected chi connectivity index (χ0v) is 24.6. The first-order valence-corrected chi connectivity index (χ1v) is 15.9. The Labute approximate surface area is 225 Å². The number of esters is 2. The van der Waals surface area contributed by atoms with Crippen LogP contribution < -0.4 is 0 Å². The second-order valence-electron chi connectivity index (χ2n) is 10.8. The molecular weight excluding hydrogens is 448 g/mol. The van der Waals surface area contributed by atoms with Gasteiger partial charge in [0.15, 0.2) is 0 Å². The number of carbonyl (C=O) groups excluding carboxylic acids is 2. The summed E-state index contributed by atoms with van der Waals surface area (Å²) in [6.07, 6.45) is 28.2. The van der Waals surface area contributed by atoms with Crippen LogP contribution in [0, 0.1) is 5.92 Å². The molecular formula is C32H62O4. The minimum Gasteiger partial charge on any atom is -0.466 e. The van der Waals surface area contributed by atoms with Crippen LogP contribution in [0.5, 0.6) is 0 Å².